The molecule has 1 saturated carbocycles. The van der Waals surface area contributed by atoms with E-state index in [2.05, 4.69) is 29.7 Å². The molecule has 2 aromatic rings. The van der Waals surface area contributed by atoms with Crippen molar-refractivity contribution in [2.24, 2.45) is 0 Å². The van der Waals surface area contributed by atoms with Gasteiger partial charge in [0.15, 0.2) is 0 Å². The van der Waals surface area contributed by atoms with E-state index in [0.717, 1.165) is 11.9 Å². The van der Waals surface area contributed by atoms with Crippen LogP contribution in [0.3, 0.4) is 0 Å². The molecule has 1 heterocycles. The van der Waals surface area contributed by atoms with E-state index in [0.29, 0.717) is 11.9 Å². The maximum Gasteiger partial charge on any atom is 0.111 e. The molecule has 21 heavy (non-hydrogen) atoms. The second-order valence-electron chi connectivity index (χ2n) is 6.28. The van der Waals surface area contributed by atoms with E-state index in [-0.39, 0.29) is 0 Å². The molecule has 0 bridgehead atoms. The van der Waals surface area contributed by atoms with Crippen molar-refractivity contribution in [1.29, 1.82) is 0 Å². The number of aryl methyl sites for hydroxylation is 2. The highest BCUT2D eigenvalue weighted by atomic mass is 35.5. The highest BCUT2D eigenvalue weighted by Gasteiger charge is 2.20. The van der Waals surface area contributed by atoms with Gasteiger partial charge >= 0.3 is 0 Å². The predicted octanol–water partition coefficient (Wildman–Crippen LogP) is 5.41. The van der Waals surface area contributed by atoms with Crippen LogP contribution in [0.1, 0.15) is 62.4 Å². The van der Waals surface area contributed by atoms with Crippen LogP contribution in [0.2, 0.25) is 0 Å². The molecule has 0 spiro atoms. The summed E-state index contributed by atoms with van der Waals surface area (Å²) in [6.07, 6.45) is 10.3. The Labute approximate surface area is 132 Å². The lowest BCUT2D eigenvalue weighted by Gasteiger charge is -2.24. The minimum atomic E-state index is 0.606. The summed E-state index contributed by atoms with van der Waals surface area (Å²) in [5, 5.41) is 0. The summed E-state index contributed by atoms with van der Waals surface area (Å²) < 4.78 is 2.53. The average molecular weight is 305 g/mol. The Balaban J connectivity index is 2.06. The van der Waals surface area contributed by atoms with Crippen LogP contribution in [0.25, 0.3) is 11.0 Å². The molecule has 0 amide bonds. The Morgan fingerprint density at radius 3 is 2.57 bits per heavy atom. The van der Waals surface area contributed by atoms with Crippen LogP contribution in [0, 0.1) is 6.92 Å². The Hall–Kier alpha value is -1.02. The van der Waals surface area contributed by atoms with Gasteiger partial charge in [0.2, 0.25) is 0 Å². The number of nitrogens with zero attached hydrogens (tertiary/aromatic N) is 2. The number of hydrogen-bond donors (Lipinski definition) is 0. The van der Waals surface area contributed by atoms with Crippen molar-refractivity contribution in [3.05, 3.63) is 29.6 Å². The second kappa shape index (κ2) is 6.83. The molecule has 0 N–H and O–H groups in total. The molecule has 0 atom stereocenters. The van der Waals surface area contributed by atoms with Crippen LogP contribution in [-0.4, -0.2) is 15.4 Å². The first-order valence-corrected chi connectivity index (χ1v) is 8.87. The van der Waals surface area contributed by atoms with Crippen LogP contribution in [0.5, 0.6) is 0 Å². The third kappa shape index (κ3) is 3.11. The molecule has 2 nitrogen and oxygen atoms in total. The number of aromatic nitrogens is 2. The predicted molar refractivity (Wildman–Crippen MR) is 90.3 cm³/mol. The van der Waals surface area contributed by atoms with E-state index in [1.807, 2.05) is 0 Å². The maximum atomic E-state index is 6.02. The first-order valence-electron chi connectivity index (χ1n) is 8.33. The molecular formula is C18H25ClN2. The number of hydrogen-bond acceptors (Lipinski definition) is 1. The monoisotopic (exact) mass is 304 g/mol. The van der Waals surface area contributed by atoms with E-state index in [1.165, 1.54) is 61.9 Å². The number of para-hydroxylation sites is 1. The lowest BCUT2D eigenvalue weighted by Crippen LogP contribution is -2.15. The largest absolute Gasteiger partial charge is 0.325 e. The Kier molecular flexibility index (Phi) is 4.84. The number of benzene rings is 1. The molecule has 1 aliphatic carbocycles. The van der Waals surface area contributed by atoms with E-state index >= 15 is 0 Å². The van der Waals surface area contributed by atoms with Gasteiger partial charge in [-0.05, 0) is 31.4 Å². The lowest BCUT2D eigenvalue weighted by molar-refractivity contribution is 0.371. The summed E-state index contributed by atoms with van der Waals surface area (Å²) in [7, 11) is 0. The number of fused-ring (bicyclic) bond motifs is 1. The third-order valence-corrected chi connectivity index (χ3v) is 4.93. The molecule has 1 aromatic carbocycles. The van der Waals surface area contributed by atoms with Crippen LogP contribution in [0.15, 0.2) is 18.2 Å². The van der Waals surface area contributed by atoms with E-state index in [1.54, 1.807) is 0 Å². The van der Waals surface area contributed by atoms with Crippen molar-refractivity contribution < 1.29 is 0 Å². The van der Waals surface area contributed by atoms with E-state index in [9.17, 15) is 0 Å². The van der Waals surface area contributed by atoms with Gasteiger partial charge in [-0.25, -0.2) is 4.98 Å². The summed E-state index contributed by atoms with van der Waals surface area (Å²) >= 11 is 6.02. The van der Waals surface area contributed by atoms with Gasteiger partial charge in [0.05, 0.1) is 11.0 Å². The smallest absolute Gasteiger partial charge is 0.111 e. The lowest BCUT2D eigenvalue weighted by atomic mass is 9.96. The highest BCUT2D eigenvalue weighted by molar-refractivity contribution is 6.17. The quantitative estimate of drug-likeness (QED) is 0.693. The molecule has 1 aromatic heterocycles. The molecule has 1 aliphatic rings. The SMILES string of the molecule is Cc1cccc2nc(CCCl)n(C3CCCCCCC3)c12. The molecule has 3 rings (SSSR count). The van der Waals surface area contributed by atoms with E-state index in [4.69, 9.17) is 16.6 Å². The van der Waals surface area contributed by atoms with Crippen LogP contribution in [-0.2, 0) is 6.42 Å². The summed E-state index contributed by atoms with van der Waals surface area (Å²) in [6.45, 7) is 2.20. The fourth-order valence-corrected chi connectivity index (χ4v) is 3.89. The van der Waals surface area contributed by atoms with Crippen molar-refractivity contribution in [3.63, 3.8) is 0 Å². The van der Waals surface area contributed by atoms with Crippen molar-refractivity contribution in [1.82, 2.24) is 9.55 Å². The van der Waals surface area contributed by atoms with Crippen molar-refractivity contribution in [2.75, 3.05) is 5.88 Å². The zero-order valence-electron chi connectivity index (χ0n) is 12.9. The minimum absolute atomic E-state index is 0.606. The van der Waals surface area contributed by atoms with Gasteiger partial charge in [-0.3, -0.25) is 0 Å². The topological polar surface area (TPSA) is 17.8 Å². The van der Waals surface area contributed by atoms with Crippen LogP contribution >= 0.6 is 11.6 Å². The highest BCUT2D eigenvalue weighted by Crippen LogP contribution is 2.32. The van der Waals surface area contributed by atoms with Gasteiger partial charge in [0.1, 0.15) is 5.82 Å². The Morgan fingerprint density at radius 1 is 1.14 bits per heavy atom. The number of rotatable bonds is 3. The molecule has 3 heteroatoms. The number of halogens is 1. The van der Waals surface area contributed by atoms with Gasteiger partial charge in [0.25, 0.3) is 0 Å². The first kappa shape index (κ1) is 14.9. The molecule has 0 radical (unpaired) electrons. The fourth-order valence-electron chi connectivity index (χ4n) is 3.72. The Morgan fingerprint density at radius 2 is 1.86 bits per heavy atom. The molecule has 1 fully saturated rings. The van der Waals surface area contributed by atoms with Gasteiger partial charge in [-0.15, -0.1) is 11.6 Å². The van der Waals surface area contributed by atoms with Crippen LogP contribution < -0.4 is 0 Å². The molecule has 0 unspecified atom stereocenters. The summed E-state index contributed by atoms with van der Waals surface area (Å²) in [6, 6.07) is 7.06. The summed E-state index contributed by atoms with van der Waals surface area (Å²) in [4.78, 5) is 4.87. The first-order chi connectivity index (χ1) is 10.3. The van der Waals surface area contributed by atoms with Crippen molar-refractivity contribution in [3.8, 4) is 0 Å². The molecule has 0 aliphatic heterocycles. The summed E-state index contributed by atoms with van der Waals surface area (Å²) in [5.41, 5.74) is 3.81. The minimum Gasteiger partial charge on any atom is -0.325 e. The molecule has 114 valence electrons. The van der Waals surface area contributed by atoms with E-state index < -0.39 is 0 Å². The van der Waals surface area contributed by atoms with Crippen LogP contribution in [0.4, 0.5) is 0 Å². The zero-order chi connectivity index (χ0) is 14.7. The van der Waals surface area contributed by atoms with Gasteiger partial charge in [0, 0.05) is 18.3 Å². The normalized spacial score (nSPS) is 17.8. The fraction of sp³-hybridized carbons (Fsp3) is 0.611. The van der Waals surface area contributed by atoms with Gasteiger partial charge in [-0.2, -0.15) is 0 Å². The molecule has 0 saturated heterocycles. The van der Waals surface area contributed by atoms with Crippen molar-refractivity contribution in [2.45, 2.75) is 64.3 Å². The second-order valence-corrected chi connectivity index (χ2v) is 6.66. The zero-order valence-corrected chi connectivity index (χ0v) is 13.7. The third-order valence-electron chi connectivity index (χ3n) is 4.74. The standard InChI is InChI=1S/C18H25ClN2/c1-14-8-7-11-16-18(14)21(17(20-16)12-13-19)15-9-5-3-2-4-6-10-15/h7-8,11,15H,2-6,9-10,12-13H2,1H3. The van der Waals surface area contributed by atoms with Gasteiger partial charge in [-0.1, -0.05) is 44.2 Å². The maximum absolute atomic E-state index is 6.02. The van der Waals surface area contributed by atoms with Crippen molar-refractivity contribution >= 4 is 22.6 Å². The molecular weight excluding hydrogens is 280 g/mol. The van der Waals surface area contributed by atoms with Gasteiger partial charge < -0.3 is 4.57 Å². The number of imidazole rings is 1. The number of alkyl halides is 1. The Bertz CT molecular complexity index is 595. The average Bonchev–Trinajstić information content (AvgIpc) is 2.79. The summed E-state index contributed by atoms with van der Waals surface area (Å²) in [5.74, 6) is 1.83.